The average Bonchev–Trinajstić information content (AvgIpc) is 2.57. The minimum Gasteiger partial charge on any atom is -0.379 e. The normalized spacial score (nSPS) is 25.0. The summed E-state index contributed by atoms with van der Waals surface area (Å²) in [5.74, 6) is 0. The van der Waals surface area contributed by atoms with Gasteiger partial charge in [0.15, 0.2) is 0 Å². The van der Waals surface area contributed by atoms with Crippen LogP contribution in [0.2, 0.25) is 0 Å². The fraction of sp³-hybridized carbons (Fsp3) is 0.700. The van der Waals surface area contributed by atoms with E-state index < -0.39 is 0 Å². The van der Waals surface area contributed by atoms with Crippen LogP contribution >= 0.6 is 0 Å². The number of hydrogen-bond acceptors (Lipinski definition) is 4. The van der Waals surface area contributed by atoms with Crippen LogP contribution in [-0.2, 0) is 4.74 Å². The lowest BCUT2D eigenvalue weighted by molar-refractivity contribution is 0.00733. The van der Waals surface area contributed by atoms with Crippen LogP contribution in [0.3, 0.4) is 0 Å². The molecule has 0 spiro atoms. The third-order valence-corrected chi connectivity index (χ3v) is 5.32. The lowest BCUT2D eigenvalue weighted by Crippen LogP contribution is -2.51. The highest BCUT2D eigenvalue weighted by Crippen LogP contribution is 2.27. The zero-order chi connectivity index (χ0) is 17.0. The summed E-state index contributed by atoms with van der Waals surface area (Å²) in [4.78, 5) is 7.73. The van der Waals surface area contributed by atoms with Crippen molar-refractivity contribution in [3.8, 4) is 0 Å². The van der Waals surface area contributed by atoms with Crippen molar-refractivity contribution in [1.82, 2.24) is 14.7 Å². The van der Waals surface area contributed by atoms with E-state index in [1.165, 1.54) is 25.2 Å². The molecule has 4 nitrogen and oxygen atoms in total. The van der Waals surface area contributed by atoms with Crippen molar-refractivity contribution in [2.24, 2.45) is 5.41 Å². The number of hydrogen-bond donors (Lipinski definition) is 0. The van der Waals surface area contributed by atoms with Gasteiger partial charge in [-0.2, -0.15) is 0 Å². The molecular formula is C20H33N3O. The zero-order valence-electron chi connectivity index (χ0n) is 15.6. The van der Waals surface area contributed by atoms with Crippen LogP contribution in [0.1, 0.15) is 25.5 Å². The van der Waals surface area contributed by atoms with Crippen molar-refractivity contribution in [3.63, 3.8) is 0 Å². The monoisotopic (exact) mass is 331 g/mol. The molecule has 4 heteroatoms. The molecule has 0 radical (unpaired) electrons. The van der Waals surface area contributed by atoms with Gasteiger partial charge < -0.3 is 4.74 Å². The van der Waals surface area contributed by atoms with Gasteiger partial charge >= 0.3 is 0 Å². The van der Waals surface area contributed by atoms with Crippen molar-refractivity contribution in [1.29, 1.82) is 0 Å². The van der Waals surface area contributed by atoms with E-state index in [2.05, 4.69) is 65.9 Å². The van der Waals surface area contributed by atoms with E-state index >= 15 is 0 Å². The van der Waals surface area contributed by atoms with E-state index in [1.54, 1.807) is 0 Å². The van der Waals surface area contributed by atoms with Gasteiger partial charge in [-0.15, -0.1) is 0 Å². The van der Waals surface area contributed by atoms with Gasteiger partial charge in [0, 0.05) is 51.9 Å². The van der Waals surface area contributed by atoms with E-state index in [-0.39, 0.29) is 0 Å². The smallest absolute Gasteiger partial charge is 0.0594 e. The fourth-order valence-corrected chi connectivity index (χ4v) is 4.13. The minimum atomic E-state index is 0.314. The molecule has 2 aliphatic rings. The summed E-state index contributed by atoms with van der Waals surface area (Å²) < 4.78 is 5.48. The first-order valence-electron chi connectivity index (χ1n) is 9.31. The topological polar surface area (TPSA) is 19.0 Å². The summed E-state index contributed by atoms with van der Waals surface area (Å²) in [5, 5.41) is 0. The molecule has 1 aromatic rings. The molecule has 134 valence electrons. The molecule has 0 N–H and O–H groups in total. The number of ether oxygens (including phenoxy) is 1. The molecule has 0 aromatic heterocycles. The maximum atomic E-state index is 5.48. The lowest BCUT2D eigenvalue weighted by Gasteiger charge is -2.44. The molecule has 0 saturated carbocycles. The summed E-state index contributed by atoms with van der Waals surface area (Å²) >= 11 is 0. The third kappa shape index (κ3) is 4.79. The third-order valence-electron chi connectivity index (χ3n) is 5.32. The van der Waals surface area contributed by atoms with E-state index in [4.69, 9.17) is 4.74 Å². The Labute approximate surface area is 147 Å². The Bertz CT molecular complexity index is 499. The van der Waals surface area contributed by atoms with Crippen molar-refractivity contribution in [2.75, 3.05) is 66.1 Å². The maximum absolute atomic E-state index is 5.48. The molecule has 1 unspecified atom stereocenters. The van der Waals surface area contributed by atoms with Crippen molar-refractivity contribution < 1.29 is 4.74 Å². The number of rotatable bonds is 5. The first-order valence-corrected chi connectivity index (χ1v) is 9.31. The van der Waals surface area contributed by atoms with Gasteiger partial charge in [-0.3, -0.25) is 14.7 Å². The van der Waals surface area contributed by atoms with Crippen LogP contribution < -0.4 is 0 Å². The standard InChI is InChI=1S/C20H33N3O/c1-20(2,16-22-11-13-24-14-12-22)17-23-10-9-21(3)19(15-23)18-7-5-4-6-8-18/h4-8,19H,9-17H2,1-3H3. The summed E-state index contributed by atoms with van der Waals surface area (Å²) in [6.07, 6.45) is 0. The number of benzene rings is 1. The van der Waals surface area contributed by atoms with Crippen LogP contribution in [0.4, 0.5) is 0 Å². The highest BCUT2D eigenvalue weighted by atomic mass is 16.5. The second-order valence-corrected chi connectivity index (χ2v) is 8.19. The van der Waals surface area contributed by atoms with Gasteiger partial charge in [-0.25, -0.2) is 0 Å². The molecular weight excluding hydrogens is 298 g/mol. The van der Waals surface area contributed by atoms with Gasteiger partial charge in [0.25, 0.3) is 0 Å². The molecule has 1 aromatic carbocycles. The maximum Gasteiger partial charge on any atom is 0.0594 e. The molecule has 2 fully saturated rings. The second-order valence-electron chi connectivity index (χ2n) is 8.19. The van der Waals surface area contributed by atoms with Crippen LogP contribution in [-0.4, -0.2) is 80.8 Å². The summed E-state index contributed by atoms with van der Waals surface area (Å²) in [6, 6.07) is 11.5. The van der Waals surface area contributed by atoms with E-state index in [1.807, 2.05) is 0 Å². The Morgan fingerprint density at radius 2 is 1.62 bits per heavy atom. The lowest BCUT2D eigenvalue weighted by atomic mass is 9.90. The number of piperazine rings is 1. The molecule has 24 heavy (non-hydrogen) atoms. The minimum absolute atomic E-state index is 0.314. The van der Waals surface area contributed by atoms with E-state index in [0.717, 1.165) is 39.4 Å². The first-order chi connectivity index (χ1) is 11.5. The van der Waals surface area contributed by atoms with Crippen molar-refractivity contribution >= 4 is 0 Å². The van der Waals surface area contributed by atoms with Gasteiger partial charge in [0.1, 0.15) is 0 Å². The molecule has 0 bridgehead atoms. The van der Waals surface area contributed by atoms with Crippen LogP contribution in [0, 0.1) is 5.41 Å². The highest BCUT2D eigenvalue weighted by Gasteiger charge is 2.30. The predicted octanol–water partition coefficient (Wildman–Crippen LogP) is 2.33. The van der Waals surface area contributed by atoms with E-state index in [0.29, 0.717) is 11.5 Å². The predicted molar refractivity (Wildman–Crippen MR) is 99.3 cm³/mol. The Morgan fingerprint density at radius 3 is 2.33 bits per heavy atom. The first kappa shape index (κ1) is 17.9. The molecule has 1 atom stereocenters. The molecule has 0 aliphatic carbocycles. The summed E-state index contributed by atoms with van der Waals surface area (Å²) in [6.45, 7) is 14.6. The quantitative estimate of drug-likeness (QED) is 0.824. The SMILES string of the molecule is CN1CCN(CC(C)(C)CN2CCOCC2)CC1c1ccccc1. The largest absolute Gasteiger partial charge is 0.379 e. The summed E-state index contributed by atoms with van der Waals surface area (Å²) in [7, 11) is 2.26. The Morgan fingerprint density at radius 1 is 0.958 bits per heavy atom. The number of likely N-dealkylation sites (N-methyl/N-ethyl adjacent to an activating group) is 1. The zero-order valence-corrected chi connectivity index (χ0v) is 15.6. The van der Waals surface area contributed by atoms with Crippen LogP contribution in [0.25, 0.3) is 0 Å². The fourth-order valence-electron chi connectivity index (χ4n) is 4.13. The Hall–Kier alpha value is -0.940. The molecule has 3 rings (SSSR count). The van der Waals surface area contributed by atoms with E-state index in [9.17, 15) is 0 Å². The Balaban J connectivity index is 1.58. The van der Waals surface area contributed by atoms with Crippen LogP contribution in [0.5, 0.6) is 0 Å². The average molecular weight is 332 g/mol. The summed E-state index contributed by atoms with van der Waals surface area (Å²) in [5.41, 5.74) is 1.75. The van der Waals surface area contributed by atoms with Crippen molar-refractivity contribution in [3.05, 3.63) is 35.9 Å². The molecule has 2 saturated heterocycles. The van der Waals surface area contributed by atoms with Gasteiger partial charge in [-0.1, -0.05) is 44.2 Å². The number of nitrogens with zero attached hydrogens (tertiary/aromatic N) is 3. The Kier molecular flexibility index (Phi) is 5.93. The second kappa shape index (κ2) is 7.96. The van der Waals surface area contributed by atoms with Gasteiger partial charge in [0.2, 0.25) is 0 Å². The van der Waals surface area contributed by atoms with Gasteiger partial charge in [0.05, 0.1) is 13.2 Å². The molecule has 0 amide bonds. The highest BCUT2D eigenvalue weighted by molar-refractivity contribution is 5.20. The number of morpholine rings is 1. The van der Waals surface area contributed by atoms with Crippen molar-refractivity contribution in [2.45, 2.75) is 19.9 Å². The van der Waals surface area contributed by atoms with Crippen LogP contribution in [0.15, 0.2) is 30.3 Å². The van der Waals surface area contributed by atoms with Gasteiger partial charge in [-0.05, 0) is 18.0 Å². The molecule has 2 aliphatic heterocycles. The molecule has 2 heterocycles.